The smallest absolute Gasteiger partial charge is 0.333 e. The summed E-state index contributed by atoms with van der Waals surface area (Å²) in [6.45, 7) is 7.35. The Morgan fingerprint density at radius 3 is 2.00 bits per heavy atom. The van der Waals surface area contributed by atoms with Crippen LogP contribution >= 0.6 is 22.7 Å². The number of rotatable bonds is 14. The Morgan fingerprint density at radius 2 is 1.36 bits per heavy atom. The fraction of sp³-hybridized carbons (Fsp3) is 0.182. The summed E-state index contributed by atoms with van der Waals surface area (Å²) in [7, 11) is 0. The molecule has 7 nitrogen and oxygen atoms in total. The van der Waals surface area contributed by atoms with Gasteiger partial charge in [-0.15, -0.1) is 22.7 Å². The Kier molecular flexibility index (Phi) is 11.9. The molecule has 3 aromatic carbocycles. The number of nitrogens with zero attached hydrogens (tertiary/aromatic N) is 3. The second-order valence-electron chi connectivity index (χ2n) is 12.7. The maximum Gasteiger partial charge on any atom is 0.333 e. The second-order valence-corrected chi connectivity index (χ2v) is 14.9. The number of nitriles is 1. The number of esters is 1. The molecule has 6 rings (SSSR count). The number of carbonyl (C=O) groups excluding carboxylic acids is 3. The lowest BCUT2D eigenvalue weighted by Gasteiger charge is -2.27. The van der Waals surface area contributed by atoms with Crippen LogP contribution in [0.5, 0.6) is 0 Å². The van der Waals surface area contributed by atoms with Gasteiger partial charge in [0.05, 0.1) is 6.61 Å². The van der Waals surface area contributed by atoms with Crippen molar-refractivity contribution in [3.63, 3.8) is 0 Å². The van der Waals surface area contributed by atoms with Gasteiger partial charge >= 0.3 is 5.97 Å². The van der Waals surface area contributed by atoms with Crippen molar-refractivity contribution in [3.05, 3.63) is 143 Å². The average molecular weight is 738 g/mol. The van der Waals surface area contributed by atoms with Gasteiger partial charge in [-0.25, -0.2) is 4.79 Å². The van der Waals surface area contributed by atoms with Gasteiger partial charge in [-0.05, 0) is 111 Å². The van der Waals surface area contributed by atoms with E-state index in [-0.39, 0.29) is 12.1 Å². The van der Waals surface area contributed by atoms with Crippen molar-refractivity contribution < 1.29 is 19.1 Å². The summed E-state index contributed by atoms with van der Waals surface area (Å²) in [6, 6.07) is 39.5. The molecule has 3 heterocycles. The van der Waals surface area contributed by atoms with Crippen molar-refractivity contribution in [2.24, 2.45) is 0 Å². The monoisotopic (exact) mass is 737 g/mol. The molecule has 53 heavy (non-hydrogen) atoms. The Labute approximate surface area is 318 Å². The fourth-order valence-corrected chi connectivity index (χ4v) is 8.11. The molecule has 0 saturated heterocycles. The van der Waals surface area contributed by atoms with Crippen LogP contribution in [0.3, 0.4) is 0 Å². The molecule has 0 saturated carbocycles. The number of ether oxygens (including phenoxy) is 1. The largest absolute Gasteiger partial charge is 0.462 e. The van der Waals surface area contributed by atoms with Crippen molar-refractivity contribution in [3.8, 4) is 26.3 Å². The Balaban J connectivity index is 1.14. The molecular weight excluding hydrogens is 699 g/mol. The molecule has 0 radical (unpaired) electrons. The summed E-state index contributed by atoms with van der Waals surface area (Å²) in [4.78, 5) is 45.9. The first-order valence-corrected chi connectivity index (χ1v) is 19.1. The van der Waals surface area contributed by atoms with E-state index in [4.69, 9.17) is 4.74 Å². The molecule has 0 aliphatic carbocycles. The minimum absolute atomic E-state index is 0.0103. The number of benzene rings is 3. The van der Waals surface area contributed by atoms with Crippen molar-refractivity contribution in [1.82, 2.24) is 4.90 Å². The zero-order chi connectivity index (χ0) is 37.3. The molecule has 266 valence electrons. The highest BCUT2D eigenvalue weighted by Gasteiger charge is 2.35. The van der Waals surface area contributed by atoms with Gasteiger partial charge in [0.1, 0.15) is 11.6 Å². The maximum absolute atomic E-state index is 13.6. The first kappa shape index (κ1) is 37.0. The van der Waals surface area contributed by atoms with Gasteiger partial charge in [-0.3, -0.25) is 14.5 Å². The van der Waals surface area contributed by atoms with Crippen LogP contribution in [0.4, 0.5) is 17.1 Å². The van der Waals surface area contributed by atoms with Gasteiger partial charge in [-0.2, -0.15) is 5.26 Å². The fourth-order valence-electron chi connectivity index (χ4n) is 6.05. The highest BCUT2D eigenvalue weighted by Crippen LogP contribution is 2.40. The highest BCUT2D eigenvalue weighted by molar-refractivity contribution is 7.24. The molecular formula is C44H39N3O4S2. The van der Waals surface area contributed by atoms with Gasteiger partial charge in [0.15, 0.2) is 0 Å². The first-order chi connectivity index (χ1) is 25.7. The van der Waals surface area contributed by atoms with Crippen LogP contribution in [0.15, 0.2) is 138 Å². The Bertz CT molecular complexity index is 2190. The van der Waals surface area contributed by atoms with Crippen molar-refractivity contribution >= 4 is 63.6 Å². The summed E-state index contributed by atoms with van der Waals surface area (Å²) in [5, 5.41) is 9.83. The summed E-state index contributed by atoms with van der Waals surface area (Å²) in [5.74, 6) is -1.35. The minimum Gasteiger partial charge on any atom is -0.462 e. The van der Waals surface area contributed by atoms with Crippen LogP contribution in [0.2, 0.25) is 0 Å². The quantitative estimate of drug-likeness (QED) is 0.0488. The summed E-state index contributed by atoms with van der Waals surface area (Å²) >= 11 is 3.27. The van der Waals surface area contributed by atoms with Gasteiger partial charge in [0.2, 0.25) is 0 Å². The van der Waals surface area contributed by atoms with E-state index in [9.17, 15) is 19.6 Å². The lowest BCUT2D eigenvalue weighted by Crippen LogP contribution is -2.43. The Hall–Kier alpha value is -5.82. The number of imide groups is 1. The Morgan fingerprint density at radius 1 is 0.774 bits per heavy atom. The molecule has 0 spiro atoms. The second kappa shape index (κ2) is 17.1. The summed E-state index contributed by atoms with van der Waals surface area (Å²) in [5.41, 5.74) is 5.47. The third-order valence-electron chi connectivity index (χ3n) is 8.88. The summed E-state index contributed by atoms with van der Waals surface area (Å²) in [6.07, 6.45) is 4.57. The zero-order valence-electron chi connectivity index (χ0n) is 29.7. The van der Waals surface area contributed by atoms with Gasteiger partial charge < -0.3 is 9.64 Å². The maximum atomic E-state index is 13.6. The first-order valence-electron chi connectivity index (χ1n) is 17.5. The van der Waals surface area contributed by atoms with Crippen LogP contribution in [0.1, 0.15) is 44.4 Å². The van der Waals surface area contributed by atoms with E-state index in [1.165, 1.54) is 4.90 Å². The van der Waals surface area contributed by atoms with E-state index in [1.807, 2.05) is 54.6 Å². The standard InChI is InChI=1S/C44H39N3O4S2/c1-30(2)44(50)51-27-13-5-4-12-26-46-42(48)37(31(3)38(29-45)43(46)49)28-36-22-23-40(52-36)41-25-24-39(53-41)32-18-20-35(21-19-32)47(33-14-8-6-9-15-33)34-16-10-7-11-17-34/h6-11,14-25,28H,1,4-5,12-13,26-27H2,2-3H3/b37-28-. The van der Waals surface area contributed by atoms with Gasteiger partial charge in [-0.1, -0.05) is 61.5 Å². The zero-order valence-corrected chi connectivity index (χ0v) is 31.3. The molecule has 1 aliphatic heterocycles. The van der Waals surface area contributed by atoms with Crippen molar-refractivity contribution in [1.29, 1.82) is 5.26 Å². The van der Waals surface area contributed by atoms with Gasteiger partial charge in [0.25, 0.3) is 11.8 Å². The third-order valence-corrected chi connectivity index (χ3v) is 11.2. The molecule has 9 heteroatoms. The van der Waals surface area contributed by atoms with E-state index >= 15 is 0 Å². The number of hydrogen-bond acceptors (Lipinski definition) is 8. The topological polar surface area (TPSA) is 90.7 Å². The molecule has 2 amide bonds. The molecule has 5 aromatic rings. The van der Waals surface area contributed by atoms with Crippen LogP contribution in [0.25, 0.3) is 26.3 Å². The predicted octanol–water partition coefficient (Wildman–Crippen LogP) is 10.9. The van der Waals surface area contributed by atoms with E-state index < -0.39 is 17.8 Å². The van der Waals surface area contributed by atoms with E-state index in [2.05, 4.69) is 72.1 Å². The van der Waals surface area contributed by atoms with E-state index in [0.717, 1.165) is 55.0 Å². The molecule has 2 aromatic heterocycles. The van der Waals surface area contributed by atoms with Gasteiger partial charge in [0, 0.05) is 54.3 Å². The molecule has 0 N–H and O–H groups in total. The highest BCUT2D eigenvalue weighted by atomic mass is 32.1. The molecule has 0 fully saturated rings. The summed E-state index contributed by atoms with van der Waals surface area (Å²) < 4.78 is 5.13. The van der Waals surface area contributed by atoms with Crippen LogP contribution < -0.4 is 4.90 Å². The number of amides is 2. The average Bonchev–Trinajstić information content (AvgIpc) is 3.86. The minimum atomic E-state index is -0.554. The number of hydrogen-bond donors (Lipinski definition) is 0. The molecule has 1 aliphatic rings. The lowest BCUT2D eigenvalue weighted by atomic mass is 9.94. The lowest BCUT2D eigenvalue weighted by molar-refractivity contribution is -0.141. The van der Waals surface area contributed by atoms with E-state index in [1.54, 1.807) is 42.6 Å². The van der Waals surface area contributed by atoms with Crippen molar-refractivity contribution in [2.45, 2.75) is 39.5 Å². The van der Waals surface area contributed by atoms with E-state index in [0.29, 0.717) is 36.2 Å². The van der Waals surface area contributed by atoms with Crippen LogP contribution in [-0.2, 0) is 19.1 Å². The van der Waals surface area contributed by atoms with Crippen LogP contribution in [0, 0.1) is 11.3 Å². The number of unbranched alkanes of at least 4 members (excludes halogenated alkanes) is 3. The SMILES string of the molecule is C=C(C)C(=O)OCCCCCCN1C(=O)C(C#N)=C(C)/C(=C/c2ccc(-c3ccc(-c4ccc(N(c5ccccc5)c5ccccc5)cc4)s3)s2)C1=O. The number of anilines is 3. The molecule has 0 unspecified atom stereocenters. The number of para-hydroxylation sites is 2. The third kappa shape index (κ3) is 8.63. The molecule has 0 atom stereocenters. The predicted molar refractivity (Wildman–Crippen MR) is 215 cm³/mol. The van der Waals surface area contributed by atoms with Crippen molar-refractivity contribution in [2.75, 3.05) is 18.1 Å². The number of thiophene rings is 2. The number of carbonyl (C=O) groups is 3. The normalized spacial score (nSPS) is 13.7. The molecule has 0 bridgehead atoms. The van der Waals surface area contributed by atoms with Crippen LogP contribution in [-0.4, -0.2) is 35.8 Å².